The van der Waals surface area contributed by atoms with E-state index in [-0.39, 0.29) is 12.1 Å². The highest BCUT2D eigenvalue weighted by Crippen LogP contribution is 2.25. The van der Waals surface area contributed by atoms with E-state index in [9.17, 15) is 4.79 Å². The van der Waals surface area contributed by atoms with Gasteiger partial charge in [0.05, 0.1) is 16.9 Å². The summed E-state index contributed by atoms with van der Waals surface area (Å²) < 4.78 is 0. The fourth-order valence-corrected chi connectivity index (χ4v) is 2.79. The summed E-state index contributed by atoms with van der Waals surface area (Å²) >= 11 is 0. The molecule has 1 saturated carbocycles. The molecular weight excluding hydrogens is 240 g/mol. The quantitative estimate of drug-likeness (QED) is 0.769. The molecule has 1 fully saturated rings. The van der Waals surface area contributed by atoms with E-state index >= 15 is 0 Å². The van der Waals surface area contributed by atoms with Crippen LogP contribution < -0.4 is 16.8 Å². The first-order valence-electron chi connectivity index (χ1n) is 6.79. The second kappa shape index (κ2) is 5.57. The fourth-order valence-electron chi connectivity index (χ4n) is 2.79. The Morgan fingerprint density at radius 3 is 2.68 bits per heavy atom. The van der Waals surface area contributed by atoms with Gasteiger partial charge in [-0.1, -0.05) is 12.8 Å². The van der Waals surface area contributed by atoms with Crippen molar-refractivity contribution in [2.24, 2.45) is 11.5 Å². The van der Waals surface area contributed by atoms with Crippen LogP contribution in [0.2, 0.25) is 0 Å². The van der Waals surface area contributed by atoms with Crippen LogP contribution in [0.15, 0.2) is 6.07 Å². The van der Waals surface area contributed by atoms with Crippen LogP contribution in [0.3, 0.4) is 0 Å². The fraction of sp³-hybridized carbons (Fsp3) is 0.571. The Morgan fingerprint density at radius 1 is 1.37 bits per heavy atom. The SMILES string of the molecule is Cc1cc(NC2CCCCC2N)c(C(N)=O)c(C)n1. The Kier molecular flexibility index (Phi) is 4.04. The van der Waals surface area contributed by atoms with Gasteiger partial charge in [0.1, 0.15) is 0 Å². The van der Waals surface area contributed by atoms with Gasteiger partial charge in [-0.25, -0.2) is 0 Å². The van der Waals surface area contributed by atoms with Crippen molar-refractivity contribution < 1.29 is 4.79 Å². The van der Waals surface area contributed by atoms with Crippen LogP contribution in [0.25, 0.3) is 0 Å². The van der Waals surface area contributed by atoms with Crippen molar-refractivity contribution in [3.63, 3.8) is 0 Å². The third kappa shape index (κ3) is 3.04. The maximum Gasteiger partial charge on any atom is 0.252 e. The molecule has 0 saturated heterocycles. The molecule has 1 aliphatic carbocycles. The lowest BCUT2D eigenvalue weighted by Crippen LogP contribution is -2.43. The topological polar surface area (TPSA) is 94.0 Å². The number of nitrogens with zero attached hydrogens (tertiary/aromatic N) is 1. The number of anilines is 1. The second-order valence-electron chi connectivity index (χ2n) is 5.34. The molecule has 0 bridgehead atoms. The number of aryl methyl sites for hydroxylation is 2. The van der Waals surface area contributed by atoms with E-state index in [1.165, 1.54) is 12.8 Å². The zero-order chi connectivity index (χ0) is 14.0. The molecule has 1 aromatic heterocycles. The molecule has 2 unspecified atom stereocenters. The molecule has 0 radical (unpaired) electrons. The Balaban J connectivity index is 2.30. The summed E-state index contributed by atoms with van der Waals surface area (Å²) in [4.78, 5) is 15.9. The van der Waals surface area contributed by atoms with E-state index in [0.29, 0.717) is 11.3 Å². The lowest BCUT2D eigenvalue weighted by Gasteiger charge is -2.31. The van der Waals surface area contributed by atoms with Crippen molar-refractivity contribution in [3.8, 4) is 0 Å². The first kappa shape index (κ1) is 13.8. The zero-order valence-electron chi connectivity index (χ0n) is 11.6. The van der Waals surface area contributed by atoms with Gasteiger partial charge in [0.15, 0.2) is 0 Å². The highest BCUT2D eigenvalue weighted by Gasteiger charge is 2.23. The van der Waals surface area contributed by atoms with E-state index in [0.717, 1.165) is 24.2 Å². The molecular formula is C14H22N4O. The lowest BCUT2D eigenvalue weighted by atomic mass is 9.90. The van der Waals surface area contributed by atoms with Crippen molar-refractivity contribution in [1.29, 1.82) is 0 Å². The Labute approximate surface area is 113 Å². The first-order chi connectivity index (χ1) is 8.99. The minimum Gasteiger partial charge on any atom is -0.380 e. The standard InChI is InChI=1S/C14H22N4O/c1-8-7-12(13(14(16)19)9(2)17-8)18-11-6-4-3-5-10(11)15/h7,10-11H,3-6,15H2,1-2H3,(H2,16,19)(H,17,18). The van der Waals surface area contributed by atoms with Gasteiger partial charge in [-0.15, -0.1) is 0 Å². The number of hydrogen-bond acceptors (Lipinski definition) is 4. The second-order valence-corrected chi connectivity index (χ2v) is 5.34. The molecule has 2 rings (SSSR count). The maximum absolute atomic E-state index is 11.6. The van der Waals surface area contributed by atoms with Gasteiger partial charge in [0, 0.05) is 17.8 Å². The van der Waals surface area contributed by atoms with Gasteiger partial charge in [-0.05, 0) is 32.8 Å². The molecule has 2 atom stereocenters. The van der Waals surface area contributed by atoms with E-state index in [1.54, 1.807) is 6.92 Å². The molecule has 0 aromatic carbocycles. The third-order valence-electron chi connectivity index (χ3n) is 3.74. The Bertz CT molecular complexity index is 487. The smallest absolute Gasteiger partial charge is 0.252 e. The van der Waals surface area contributed by atoms with Crippen molar-refractivity contribution in [2.45, 2.75) is 51.6 Å². The van der Waals surface area contributed by atoms with Gasteiger partial charge < -0.3 is 16.8 Å². The molecule has 5 nitrogen and oxygen atoms in total. The first-order valence-corrected chi connectivity index (χ1v) is 6.79. The number of amides is 1. The minimum atomic E-state index is -0.447. The molecule has 5 N–H and O–H groups in total. The number of carbonyl (C=O) groups excluding carboxylic acids is 1. The molecule has 19 heavy (non-hydrogen) atoms. The Hall–Kier alpha value is -1.62. The van der Waals surface area contributed by atoms with Crippen LogP contribution in [0.4, 0.5) is 5.69 Å². The van der Waals surface area contributed by atoms with Gasteiger partial charge in [0.25, 0.3) is 5.91 Å². The average Bonchev–Trinajstić information content (AvgIpc) is 2.30. The molecule has 1 amide bonds. The van der Waals surface area contributed by atoms with E-state index in [1.807, 2.05) is 13.0 Å². The Morgan fingerprint density at radius 2 is 2.05 bits per heavy atom. The normalized spacial score (nSPS) is 23.1. The number of primary amides is 1. The molecule has 5 heteroatoms. The van der Waals surface area contributed by atoms with Crippen LogP contribution in [0.1, 0.15) is 47.4 Å². The molecule has 1 aromatic rings. The largest absolute Gasteiger partial charge is 0.380 e. The van der Waals surface area contributed by atoms with Gasteiger partial charge in [0.2, 0.25) is 0 Å². The minimum absolute atomic E-state index is 0.128. The van der Waals surface area contributed by atoms with Crippen LogP contribution in [-0.2, 0) is 0 Å². The molecule has 1 heterocycles. The third-order valence-corrected chi connectivity index (χ3v) is 3.74. The summed E-state index contributed by atoms with van der Waals surface area (Å²) in [7, 11) is 0. The summed E-state index contributed by atoms with van der Waals surface area (Å²) in [5, 5.41) is 3.40. The average molecular weight is 262 g/mol. The lowest BCUT2D eigenvalue weighted by molar-refractivity contribution is 0.1000. The zero-order valence-corrected chi connectivity index (χ0v) is 11.6. The highest BCUT2D eigenvalue weighted by molar-refractivity contribution is 5.99. The molecule has 104 valence electrons. The van der Waals surface area contributed by atoms with Gasteiger partial charge in [-0.2, -0.15) is 0 Å². The summed E-state index contributed by atoms with van der Waals surface area (Å²) in [5.74, 6) is -0.447. The maximum atomic E-state index is 11.6. The van der Waals surface area contributed by atoms with E-state index in [2.05, 4.69) is 10.3 Å². The summed E-state index contributed by atoms with van der Waals surface area (Å²) in [6, 6.07) is 2.20. The van der Waals surface area contributed by atoms with Crippen LogP contribution >= 0.6 is 0 Å². The van der Waals surface area contributed by atoms with Crippen molar-refractivity contribution in [2.75, 3.05) is 5.32 Å². The van der Waals surface area contributed by atoms with Crippen molar-refractivity contribution in [1.82, 2.24) is 4.98 Å². The molecule has 1 aliphatic rings. The van der Waals surface area contributed by atoms with Gasteiger partial charge >= 0.3 is 0 Å². The van der Waals surface area contributed by atoms with Crippen molar-refractivity contribution >= 4 is 11.6 Å². The number of pyridine rings is 1. The number of rotatable bonds is 3. The highest BCUT2D eigenvalue weighted by atomic mass is 16.1. The van der Waals surface area contributed by atoms with E-state index in [4.69, 9.17) is 11.5 Å². The van der Waals surface area contributed by atoms with Crippen LogP contribution in [0.5, 0.6) is 0 Å². The van der Waals surface area contributed by atoms with Crippen molar-refractivity contribution in [3.05, 3.63) is 23.0 Å². The van der Waals surface area contributed by atoms with Gasteiger partial charge in [-0.3, -0.25) is 9.78 Å². The van der Waals surface area contributed by atoms with E-state index < -0.39 is 5.91 Å². The number of carbonyl (C=O) groups is 1. The van der Waals surface area contributed by atoms with Crippen LogP contribution in [0, 0.1) is 13.8 Å². The monoisotopic (exact) mass is 262 g/mol. The number of aromatic nitrogens is 1. The summed E-state index contributed by atoms with van der Waals surface area (Å²) in [6.45, 7) is 3.71. The summed E-state index contributed by atoms with van der Waals surface area (Å²) in [6.07, 6.45) is 4.39. The predicted octanol–water partition coefficient (Wildman–Crippen LogP) is 1.48. The number of nitrogens with one attached hydrogen (secondary N) is 1. The number of hydrogen-bond donors (Lipinski definition) is 3. The van der Waals surface area contributed by atoms with Crippen LogP contribution in [-0.4, -0.2) is 23.0 Å². The number of nitrogens with two attached hydrogens (primary N) is 2. The molecule has 0 spiro atoms. The summed E-state index contributed by atoms with van der Waals surface area (Å²) in [5.41, 5.74) is 14.4. The molecule has 0 aliphatic heterocycles. The predicted molar refractivity (Wildman–Crippen MR) is 76.1 cm³/mol.